The van der Waals surface area contributed by atoms with Gasteiger partial charge in [-0.05, 0) is 12.7 Å². The van der Waals surface area contributed by atoms with Crippen molar-refractivity contribution in [2.24, 2.45) is 0 Å². The van der Waals surface area contributed by atoms with E-state index in [4.69, 9.17) is 4.84 Å². The molecule has 0 atom stereocenters. The molecule has 1 heterocycles. The lowest BCUT2D eigenvalue weighted by Crippen LogP contribution is -2.05. The monoisotopic (exact) mass is 119 g/mol. The second kappa shape index (κ2) is 2.55. The Labute approximate surface area is 47.9 Å². The van der Waals surface area contributed by atoms with Gasteiger partial charge in [-0.3, -0.25) is 4.84 Å². The van der Waals surface area contributed by atoms with Crippen LogP contribution in [0.4, 0.5) is 0 Å². The molecule has 1 fully saturated rings. The highest BCUT2D eigenvalue weighted by molar-refractivity contribution is 7.96. The topological polar surface area (TPSA) is 12.5 Å². The van der Waals surface area contributed by atoms with Gasteiger partial charge in [0.1, 0.15) is 0 Å². The van der Waals surface area contributed by atoms with E-state index in [-0.39, 0.29) is 0 Å². The van der Waals surface area contributed by atoms with Gasteiger partial charge in [0.15, 0.2) is 0 Å². The Bertz CT molecular complexity index is 53.7. The zero-order valence-corrected chi connectivity index (χ0v) is 5.20. The fourth-order valence-corrected chi connectivity index (χ4v) is 1.06. The number of hydroxylamine groups is 1. The second-order valence-electron chi connectivity index (χ2n) is 1.43. The molecule has 0 spiro atoms. The predicted molar refractivity (Wildman–Crippen MR) is 30.8 cm³/mol. The van der Waals surface area contributed by atoms with Crippen LogP contribution in [0.5, 0.6) is 0 Å². The van der Waals surface area contributed by atoms with Crippen LogP contribution in [0.15, 0.2) is 0 Å². The Morgan fingerprint density at radius 2 is 2.57 bits per heavy atom. The first kappa shape index (κ1) is 5.41. The summed E-state index contributed by atoms with van der Waals surface area (Å²) in [5, 5.41) is 0. The van der Waals surface area contributed by atoms with Crippen LogP contribution >= 0.6 is 11.9 Å². The highest BCUT2D eigenvalue weighted by atomic mass is 32.2. The molecule has 0 amide bonds. The number of nitrogens with zero attached hydrogens (tertiary/aromatic N) is 1. The first-order chi connectivity index (χ1) is 3.43. The zero-order valence-electron chi connectivity index (χ0n) is 4.39. The molecule has 1 saturated heterocycles. The summed E-state index contributed by atoms with van der Waals surface area (Å²) in [6, 6.07) is 0. The molecule has 0 N–H and O–H groups in total. The van der Waals surface area contributed by atoms with Gasteiger partial charge in [0, 0.05) is 6.54 Å². The Morgan fingerprint density at radius 3 is 2.86 bits per heavy atom. The van der Waals surface area contributed by atoms with Crippen molar-refractivity contribution in [3.63, 3.8) is 0 Å². The summed E-state index contributed by atoms with van der Waals surface area (Å²) >= 11 is 1.64. The van der Waals surface area contributed by atoms with Gasteiger partial charge < -0.3 is 0 Å². The quantitative estimate of drug-likeness (QED) is 0.476. The van der Waals surface area contributed by atoms with Crippen LogP contribution in [0, 0.1) is 0 Å². The summed E-state index contributed by atoms with van der Waals surface area (Å²) in [6.07, 6.45) is 3.20. The number of rotatable bonds is 1. The van der Waals surface area contributed by atoms with E-state index in [0.29, 0.717) is 0 Å². The maximum atomic E-state index is 5.10. The Balaban J connectivity index is 2.14. The van der Waals surface area contributed by atoms with E-state index in [0.717, 1.165) is 13.2 Å². The Kier molecular flexibility index (Phi) is 1.97. The van der Waals surface area contributed by atoms with E-state index >= 15 is 0 Å². The average molecular weight is 119 g/mol. The molecule has 2 nitrogen and oxygen atoms in total. The summed E-state index contributed by atoms with van der Waals surface area (Å²) in [5.74, 6) is 0. The van der Waals surface area contributed by atoms with Gasteiger partial charge >= 0.3 is 0 Å². The lowest BCUT2D eigenvalue weighted by Gasteiger charge is -2.05. The third-order valence-electron chi connectivity index (χ3n) is 0.924. The van der Waals surface area contributed by atoms with E-state index in [1.165, 1.54) is 6.42 Å². The average Bonchev–Trinajstić information content (AvgIpc) is 2.14. The molecule has 0 saturated carbocycles. The van der Waals surface area contributed by atoms with Crippen molar-refractivity contribution in [2.45, 2.75) is 6.42 Å². The minimum atomic E-state index is 0.904. The molecule has 42 valence electrons. The summed E-state index contributed by atoms with van der Waals surface area (Å²) in [4.78, 5) is 5.10. The Hall–Kier alpha value is 0.270. The summed E-state index contributed by atoms with van der Waals surface area (Å²) in [6.45, 7) is 1.99. The summed E-state index contributed by atoms with van der Waals surface area (Å²) < 4.78 is 1.90. The van der Waals surface area contributed by atoms with Crippen molar-refractivity contribution >= 4 is 11.9 Å². The van der Waals surface area contributed by atoms with Crippen molar-refractivity contribution in [3.8, 4) is 0 Å². The van der Waals surface area contributed by atoms with Crippen LogP contribution in [0.3, 0.4) is 0 Å². The third kappa shape index (κ3) is 1.33. The van der Waals surface area contributed by atoms with E-state index < -0.39 is 0 Å². The highest BCUT2D eigenvalue weighted by Gasteiger charge is 2.08. The highest BCUT2D eigenvalue weighted by Crippen LogP contribution is 2.12. The van der Waals surface area contributed by atoms with Crippen LogP contribution in [-0.2, 0) is 4.84 Å². The van der Waals surface area contributed by atoms with Crippen molar-refractivity contribution < 1.29 is 4.84 Å². The molecular formula is C4H9NOS. The van der Waals surface area contributed by atoms with Crippen LogP contribution < -0.4 is 0 Å². The molecule has 7 heavy (non-hydrogen) atoms. The molecule has 0 aromatic heterocycles. The lowest BCUT2D eigenvalue weighted by molar-refractivity contribution is -0.0171. The molecule has 3 heteroatoms. The van der Waals surface area contributed by atoms with Gasteiger partial charge in [0.05, 0.1) is 6.61 Å². The Morgan fingerprint density at radius 1 is 1.71 bits per heavy atom. The van der Waals surface area contributed by atoms with E-state index in [1.54, 1.807) is 11.9 Å². The van der Waals surface area contributed by atoms with Crippen molar-refractivity contribution in [2.75, 3.05) is 19.4 Å². The van der Waals surface area contributed by atoms with Gasteiger partial charge in [-0.15, -0.1) is 4.47 Å². The maximum Gasteiger partial charge on any atom is 0.0709 e. The minimum absolute atomic E-state index is 0.904. The van der Waals surface area contributed by atoms with Crippen molar-refractivity contribution in [1.82, 2.24) is 4.47 Å². The second-order valence-corrected chi connectivity index (χ2v) is 2.20. The molecule has 0 unspecified atom stereocenters. The van der Waals surface area contributed by atoms with Gasteiger partial charge in [-0.2, -0.15) is 0 Å². The first-order valence-corrected chi connectivity index (χ1v) is 3.56. The first-order valence-electron chi connectivity index (χ1n) is 2.38. The van der Waals surface area contributed by atoms with E-state index in [2.05, 4.69) is 0 Å². The van der Waals surface area contributed by atoms with Crippen LogP contribution in [0.2, 0.25) is 0 Å². The molecule has 1 rings (SSSR count). The molecule has 0 aliphatic carbocycles. The van der Waals surface area contributed by atoms with Crippen LogP contribution in [0.25, 0.3) is 0 Å². The molecule has 0 aromatic rings. The molecule has 0 aromatic carbocycles. The van der Waals surface area contributed by atoms with Crippen molar-refractivity contribution in [3.05, 3.63) is 0 Å². The number of hydrogen-bond acceptors (Lipinski definition) is 3. The van der Waals surface area contributed by atoms with Crippen LogP contribution in [-0.4, -0.2) is 23.9 Å². The van der Waals surface area contributed by atoms with Crippen molar-refractivity contribution in [1.29, 1.82) is 0 Å². The SMILES string of the molecule is CSN1CCCO1. The molecule has 1 aliphatic heterocycles. The fourth-order valence-electron chi connectivity index (χ4n) is 0.569. The van der Waals surface area contributed by atoms with Gasteiger partial charge in [-0.25, -0.2) is 0 Å². The van der Waals surface area contributed by atoms with Gasteiger partial charge in [-0.1, -0.05) is 11.9 Å². The fraction of sp³-hybridized carbons (Fsp3) is 1.00. The summed E-state index contributed by atoms with van der Waals surface area (Å²) in [7, 11) is 0. The van der Waals surface area contributed by atoms with Gasteiger partial charge in [0.25, 0.3) is 0 Å². The lowest BCUT2D eigenvalue weighted by atomic mass is 10.5. The zero-order chi connectivity index (χ0) is 5.11. The molecule has 1 aliphatic rings. The summed E-state index contributed by atoms with van der Waals surface area (Å²) in [5.41, 5.74) is 0. The largest absolute Gasteiger partial charge is 0.288 e. The predicted octanol–water partition coefficient (Wildman–Crippen LogP) is 0.902. The smallest absolute Gasteiger partial charge is 0.0709 e. The maximum absolute atomic E-state index is 5.10. The molecule has 0 radical (unpaired) electrons. The van der Waals surface area contributed by atoms with Crippen LogP contribution in [0.1, 0.15) is 6.42 Å². The van der Waals surface area contributed by atoms with E-state index in [9.17, 15) is 0 Å². The number of hydrogen-bond donors (Lipinski definition) is 0. The standard InChI is InChI=1S/C4H9NOS/c1-7-5-3-2-4-6-5/h2-4H2,1H3. The minimum Gasteiger partial charge on any atom is -0.288 e. The van der Waals surface area contributed by atoms with E-state index in [1.807, 2.05) is 10.7 Å². The third-order valence-corrected chi connectivity index (χ3v) is 1.62. The molecule has 0 bridgehead atoms. The normalized spacial score (nSPS) is 23.6. The van der Waals surface area contributed by atoms with Gasteiger partial charge in [0.2, 0.25) is 0 Å². The molecular weight excluding hydrogens is 110 g/mol.